The number of pyridine rings is 1. The number of rotatable bonds is 6. The van der Waals surface area contributed by atoms with Gasteiger partial charge in [0.05, 0.1) is 18.2 Å². The summed E-state index contributed by atoms with van der Waals surface area (Å²) in [6.45, 7) is 2.31. The van der Waals surface area contributed by atoms with Gasteiger partial charge in [-0.05, 0) is 48.9 Å². The highest BCUT2D eigenvalue weighted by Crippen LogP contribution is 2.37. The summed E-state index contributed by atoms with van der Waals surface area (Å²) >= 11 is 1.49. The smallest absolute Gasteiger partial charge is 0.155 e. The van der Waals surface area contributed by atoms with Gasteiger partial charge in [-0.25, -0.2) is 14.4 Å². The van der Waals surface area contributed by atoms with E-state index in [1.54, 1.807) is 19.2 Å². The summed E-state index contributed by atoms with van der Waals surface area (Å²) in [4.78, 5) is 9.32. The zero-order chi connectivity index (χ0) is 23.9. The topological polar surface area (TPSA) is 61.8 Å². The van der Waals surface area contributed by atoms with E-state index in [2.05, 4.69) is 9.97 Å². The van der Waals surface area contributed by atoms with Gasteiger partial charge in [-0.1, -0.05) is 6.07 Å². The number of benzene rings is 2. The lowest BCUT2D eigenvalue weighted by atomic mass is 10.2. The molecule has 0 aliphatic rings. The molecule has 0 bridgehead atoms. The number of furan rings is 1. The van der Waals surface area contributed by atoms with Crippen LogP contribution in [-0.4, -0.2) is 21.5 Å². The Kier molecular flexibility index (Phi) is 5.22. The molecule has 0 aliphatic heterocycles. The van der Waals surface area contributed by atoms with Crippen LogP contribution in [0.4, 0.5) is 4.39 Å². The van der Waals surface area contributed by atoms with Crippen LogP contribution in [0.3, 0.4) is 0 Å². The summed E-state index contributed by atoms with van der Waals surface area (Å²) in [7, 11) is 1.61. The molecule has 6 rings (SSSR count). The number of nitrogens with zero attached hydrogens (tertiary/aromatic N) is 3. The Labute approximate surface area is 204 Å². The third kappa shape index (κ3) is 4.13. The highest BCUT2D eigenvalue weighted by Gasteiger charge is 2.16. The zero-order valence-electron chi connectivity index (χ0n) is 19.0. The van der Waals surface area contributed by atoms with Gasteiger partial charge < -0.3 is 18.3 Å². The number of aryl methyl sites for hydroxylation is 1. The molecule has 35 heavy (non-hydrogen) atoms. The lowest BCUT2D eigenvalue weighted by Gasteiger charge is -2.07. The van der Waals surface area contributed by atoms with Crippen LogP contribution < -0.4 is 9.47 Å². The number of hydrogen-bond donors (Lipinski definition) is 0. The number of thiazole rings is 1. The fourth-order valence-electron chi connectivity index (χ4n) is 3.92. The van der Waals surface area contributed by atoms with E-state index in [9.17, 15) is 4.39 Å². The number of methoxy groups -OCH3 is 1. The first-order valence-electron chi connectivity index (χ1n) is 11.0. The minimum absolute atomic E-state index is 0.269. The van der Waals surface area contributed by atoms with E-state index in [4.69, 9.17) is 13.9 Å². The van der Waals surface area contributed by atoms with Gasteiger partial charge >= 0.3 is 0 Å². The van der Waals surface area contributed by atoms with Crippen molar-refractivity contribution >= 4 is 28.0 Å². The summed E-state index contributed by atoms with van der Waals surface area (Å²) in [6, 6.07) is 15.9. The SMILES string of the molecule is COc1cc(OCc2csc(-c3ccc(F)cc3)n2)c2cc(-c3cn4cc(C)ccc4n3)oc2c1. The van der Waals surface area contributed by atoms with E-state index < -0.39 is 0 Å². The maximum Gasteiger partial charge on any atom is 0.155 e. The van der Waals surface area contributed by atoms with Gasteiger partial charge in [0.1, 0.15) is 45.9 Å². The summed E-state index contributed by atoms with van der Waals surface area (Å²) < 4.78 is 33.0. The van der Waals surface area contributed by atoms with E-state index in [0.29, 0.717) is 22.8 Å². The number of imidazole rings is 1. The van der Waals surface area contributed by atoms with Crippen molar-refractivity contribution < 1.29 is 18.3 Å². The van der Waals surface area contributed by atoms with Crippen LogP contribution in [0.1, 0.15) is 11.3 Å². The zero-order valence-corrected chi connectivity index (χ0v) is 19.8. The fraction of sp³-hybridized carbons (Fsp3) is 0.111. The van der Waals surface area contributed by atoms with Crippen LogP contribution in [0, 0.1) is 12.7 Å². The highest BCUT2D eigenvalue weighted by atomic mass is 32.1. The van der Waals surface area contributed by atoms with Gasteiger partial charge in [0.15, 0.2) is 5.76 Å². The maximum absolute atomic E-state index is 13.2. The van der Waals surface area contributed by atoms with Crippen molar-refractivity contribution in [3.63, 3.8) is 0 Å². The van der Waals surface area contributed by atoms with Gasteiger partial charge in [-0.15, -0.1) is 11.3 Å². The second-order valence-electron chi connectivity index (χ2n) is 8.19. The normalized spacial score (nSPS) is 11.4. The molecule has 8 heteroatoms. The largest absolute Gasteiger partial charge is 0.496 e. The molecule has 0 unspecified atom stereocenters. The van der Waals surface area contributed by atoms with Crippen LogP contribution in [0.15, 0.2) is 76.8 Å². The second-order valence-corrected chi connectivity index (χ2v) is 9.04. The molecule has 0 saturated heterocycles. The van der Waals surface area contributed by atoms with Gasteiger partial charge in [0.2, 0.25) is 0 Å². The van der Waals surface area contributed by atoms with Crippen LogP contribution in [-0.2, 0) is 6.61 Å². The van der Waals surface area contributed by atoms with E-state index in [1.165, 1.54) is 23.5 Å². The van der Waals surface area contributed by atoms with Gasteiger partial charge in [0.25, 0.3) is 0 Å². The molecular weight excluding hydrogens is 465 g/mol. The number of hydrogen-bond acceptors (Lipinski definition) is 6. The molecule has 0 atom stereocenters. The molecular formula is C27H20FN3O3S. The van der Waals surface area contributed by atoms with Gasteiger partial charge in [-0.2, -0.15) is 0 Å². The minimum Gasteiger partial charge on any atom is -0.496 e. The Balaban J connectivity index is 1.30. The first kappa shape index (κ1) is 21.4. The van der Waals surface area contributed by atoms with Crippen LogP contribution in [0.2, 0.25) is 0 Å². The third-order valence-corrected chi connectivity index (χ3v) is 6.62. The van der Waals surface area contributed by atoms with Crippen molar-refractivity contribution in [3.8, 4) is 33.5 Å². The molecule has 0 N–H and O–H groups in total. The Morgan fingerprint density at radius 1 is 1.03 bits per heavy atom. The number of fused-ring (bicyclic) bond motifs is 2. The number of aromatic nitrogens is 3. The Morgan fingerprint density at radius 2 is 1.89 bits per heavy atom. The first-order chi connectivity index (χ1) is 17.1. The monoisotopic (exact) mass is 485 g/mol. The quantitative estimate of drug-likeness (QED) is 0.257. The van der Waals surface area contributed by atoms with Crippen LogP contribution >= 0.6 is 11.3 Å². The lowest BCUT2D eigenvalue weighted by Crippen LogP contribution is -1.97. The predicted molar refractivity (Wildman–Crippen MR) is 134 cm³/mol. The molecule has 4 aromatic heterocycles. The molecule has 6 aromatic rings. The third-order valence-electron chi connectivity index (χ3n) is 5.68. The van der Waals surface area contributed by atoms with Crippen molar-refractivity contribution in [1.82, 2.24) is 14.4 Å². The molecule has 0 fully saturated rings. The second kappa shape index (κ2) is 8.56. The number of ether oxygens (including phenoxy) is 2. The average molecular weight is 486 g/mol. The van der Waals surface area contributed by atoms with E-state index in [1.807, 2.05) is 59.4 Å². The average Bonchev–Trinajstić information content (AvgIpc) is 3.60. The van der Waals surface area contributed by atoms with E-state index in [-0.39, 0.29) is 12.4 Å². The molecule has 4 heterocycles. The minimum atomic E-state index is -0.269. The van der Waals surface area contributed by atoms with Crippen molar-refractivity contribution in [2.45, 2.75) is 13.5 Å². The van der Waals surface area contributed by atoms with Crippen LogP contribution in [0.5, 0.6) is 11.5 Å². The standard InChI is InChI=1S/C27H20FN3O3S/c1-16-3-8-26-30-22(13-31(26)12-16)25-11-21-23(9-20(32-2)10-24(21)34-25)33-14-19-15-35-27(29-19)17-4-6-18(28)7-5-17/h3-13,15H,14H2,1-2H3. The Bertz CT molecular complexity index is 1670. The number of halogens is 1. The lowest BCUT2D eigenvalue weighted by molar-refractivity contribution is 0.303. The summed E-state index contributed by atoms with van der Waals surface area (Å²) in [5.74, 6) is 1.63. The molecule has 0 spiro atoms. The molecule has 6 nitrogen and oxygen atoms in total. The van der Waals surface area contributed by atoms with Crippen molar-refractivity contribution in [2.24, 2.45) is 0 Å². The maximum atomic E-state index is 13.2. The molecule has 2 aromatic carbocycles. The highest BCUT2D eigenvalue weighted by molar-refractivity contribution is 7.13. The van der Waals surface area contributed by atoms with Crippen LogP contribution in [0.25, 0.3) is 38.6 Å². The van der Waals surface area contributed by atoms with E-state index in [0.717, 1.165) is 38.6 Å². The predicted octanol–water partition coefficient (Wildman–Crippen LogP) is 6.91. The molecule has 0 radical (unpaired) electrons. The summed E-state index contributed by atoms with van der Waals surface area (Å²) in [5, 5.41) is 3.57. The molecule has 174 valence electrons. The molecule has 0 aliphatic carbocycles. The Morgan fingerprint density at radius 3 is 2.71 bits per heavy atom. The van der Waals surface area contributed by atoms with Gasteiger partial charge in [0, 0.05) is 35.5 Å². The van der Waals surface area contributed by atoms with Crippen molar-refractivity contribution in [3.05, 3.63) is 89.4 Å². The summed E-state index contributed by atoms with van der Waals surface area (Å²) in [5.41, 5.74) is 5.03. The molecule has 0 amide bonds. The van der Waals surface area contributed by atoms with E-state index >= 15 is 0 Å². The first-order valence-corrected chi connectivity index (χ1v) is 11.8. The summed E-state index contributed by atoms with van der Waals surface area (Å²) in [6.07, 6.45) is 3.98. The van der Waals surface area contributed by atoms with Crippen molar-refractivity contribution in [2.75, 3.05) is 7.11 Å². The van der Waals surface area contributed by atoms with Crippen molar-refractivity contribution in [1.29, 1.82) is 0 Å². The Hall–Kier alpha value is -4.17. The van der Waals surface area contributed by atoms with Gasteiger partial charge in [-0.3, -0.25) is 0 Å². The molecule has 0 saturated carbocycles. The fourth-order valence-corrected chi connectivity index (χ4v) is 4.73.